The van der Waals surface area contributed by atoms with Crippen LogP contribution < -0.4 is 82.3 Å². The van der Waals surface area contributed by atoms with Crippen molar-refractivity contribution in [1.82, 2.24) is 47.9 Å². The Hall–Kier alpha value is -7.10. The predicted molar refractivity (Wildman–Crippen MR) is 342 cm³/mol. The molecule has 0 saturated carbocycles. The van der Waals surface area contributed by atoms with E-state index in [2.05, 4.69) is 47.9 Å². The first-order chi connectivity index (χ1) is 42.4. The molecule has 0 aliphatic rings. The maximum absolute atomic E-state index is 14.7. The van der Waals surface area contributed by atoms with E-state index in [9.17, 15) is 53.1 Å². The average molecular weight is 1250 g/mol. The Morgan fingerprint density at radius 2 is 0.573 bits per heavy atom. The molecule has 89 heavy (non-hydrogen) atoms. The van der Waals surface area contributed by atoms with E-state index in [1.807, 2.05) is 0 Å². The maximum Gasteiger partial charge on any atom is 0.326 e. The van der Waals surface area contributed by atoms with Gasteiger partial charge in [0.1, 0.15) is 54.4 Å². The highest BCUT2D eigenvalue weighted by molar-refractivity contribution is 5.99. The number of nitrogens with one attached hydrogen (secondary N) is 9. The van der Waals surface area contributed by atoms with Crippen LogP contribution in [0.1, 0.15) is 149 Å². The lowest BCUT2D eigenvalue weighted by molar-refractivity contribution is -0.142. The van der Waals surface area contributed by atoms with Gasteiger partial charge in [0.25, 0.3) is 0 Å². The number of unbranched alkanes of at least 4 members (excludes halogenated alkanes) is 5. The Morgan fingerprint density at radius 1 is 0.326 bits per heavy atom. The minimum absolute atomic E-state index is 0.0155. The number of benzene rings is 2. The van der Waals surface area contributed by atoms with Gasteiger partial charge in [-0.1, -0.05) is 109 Å². The number of amides is 9. The normalized spacial score (nSPS) is 14.7. The summed E-state index contributed by atoms with van der Waals surface area (Å²) < 4.78 is 0. The van der Waals surface area contributed by atoms with E-state index in [0.717, 1.165) is 0 Å². The summed E-state index contributed by atoms with van der Waals surface area (Å²) in [6.07, 6.45) is 5.78. The third-order valence-electron chi connectivity index (χ3n) is 15.2. The van der Waals surface area contributed by atoms with Crippen molar-refractivity contribution in [3.8, 4) is 0 Å². The summed E-state index contributed by atoms with van der Waals surface area (Å²) in [6.45, 7) is 11.9. The lowest BCUT2D eigenvalue weighted by Gasteiger charge is -2.30. The molecule has 0 aliphatic heterocycles. The Kier molecular flexibility index (Phi) is 38.2. The second kappa shape index (κ2) is 43.5. The second-order valence-corrected chi connectivity index (χ2v) is 23.8. The summed E-state index contributed by atoms with van der Waals surface area (Å²) in [4.78, 5) is 140. The zero-order valence-corrected chi connectivity index (χ0v) is 53.3. The molecule has 0 fully saturated rings. The molecule has 2 rings (SSSR count). The van der Waals surface area contributed by atoms with E-state index in [1.54, 1.807) is 102 Å². The van der Waals surface area contributed by atoms with Gasteiger partial charge >= 0.3 is 5.97 Å². The number of carbonyl (C=O) groups is 10. The van der Waals surface area contributed by atoms with Crippen molar-refractivity contribution >= 4 is 59.1 Å². The van der Waals surface area contributed by atoms with Crippen LogP contribution in [-0.4, -0.2) is 157 Å². The summed E-state index contributed by atoms with van der Waals surface area (Å²) in [5.41, 5.74) is 36.1. The molecule has 0 bridgehead atoms. The Morgan fingerprint density at radius 3 is 0.910 bits per heavy atom. The molecule has 500 valence electrons. The monoisotopic (exact) mass is 1250 g/mol. The number of hydrogen-bond donors (Lipinski definition) is 16. The number of carboxylic acid groups (broad SMARTS) is 1. The van der Waals surface area contributed by atoms with Crippen molar-refractivity contribution in [1.29, 1.82) is 0 Å². The summed E-state index contributed by atoms with van der Waals surface area (Å²) in [6, 6.07) is 5.57. The summed E-state index contributed by atoms with van der Waals surface area (Å²) in [7, 11) is 0. The SMILES string of the molecule is CC(C)[C@H](NC(=O)[C@H](CCCCN)NC(=O)[C@H](Cc1ccccc1)NC(=O)[C@@H](NC(=O)[C@@H](NC(=O)[C@H](CCCCN)NC(=O)[C@@H](N)CCCCN)C(C)C)C(C)C)C(=O)N[C@@H](CCCCN)C(=O)N[C@@H](Cc1ccccc1)C(=O)N[C@H](CCCCN)C(=O)O. The molecule has 26 nitrogen and oxygen atoms in total. The van der Waals surface area contributed by atoms with Crippen LogP contribution in [0, 0.1) is 17.8 Å². The van der Waals surface area contributed by atoms with E-state index in [1.165, 1.54) is 0 Å². The molecule has 10 atom stereocenters. The van der Waals surface area contributed by atoms with Crippen LogP contribution in [0.15, 0.2) is 60.7 Å². The van der Waals surface area contributed by atoms with Crippen molar-refractivity contribution in [2.75, 3.05) is 32.7 Å². The van der Waals surface area contributed by atoms with E-state index < -0.39 is 137 Å². The van der Waals surface area contributed by atoms with E-state index in [-0.39, 0.29) is 51.6 Å². The van der Waals surface area contributed by atoms with Crippen LogP contribution in [0.5, 0.6) is 0 Å². The molecule has 0 heterocycles. The minimum Gasteiger partial charge on any atom is -0.480 e. The van der Waals surface area contributed by atoms with E-state index in [0.29, 0.717) is 101 Å². The first-order valence-corrected chi connectivity index (χ1v) is 31.7. The third kappa shape index (κ3) is 29.8. The van der Waals surface area contributed by atoms with Gasteiger partial charge in [-0.2, -0.15) is 0 Å². The summed E-state index contributed by atoms with van der Waals surface area (Å²) in [5, 5.41) is 34.8. The van der Waals surface area contributed by atoms with Crippen molar-refractivity contribution < 1.29 is 53.1 Å². The highest BCUT2D eigenvalue weighted by Gasteiger charge is 2.37. The molecule has 0 saturated heterocycles. The molecular formula is C63H107N15O11. The standard InChI is InChI=1S/C63H107N15O11/c1-39(2)51(60(85)72-45(28-14-19-33-65)55(80)74-49(37-42-23-9-7-10-24-42)59(84)73-48(63(88)89)31-17-22-36-68)76-57(82)47(30-16-21-35-67)71-58(83)50(38-43-25-11-8-12-26-43)75-61(86)52(40(3)4)78-62(87)53(41(5)6)77-56(81)46(29-15-20-34-66)70-54(79)44(69)27-13-18-32-64/h7-12,23-26,39-41,44-53H,13-22,27-38,64-69H2,1-6H3,(H,70,79)(H,71,83)(H,72,85)(H,73,84)(H,74,80)(H,75,86)(H,76,82)(H,77,81)(H,78,87)(H,88,89)/t44-,45-,46-,47-,48+,49-,50-,51-,52-,53-/m0/s1. The van der Waals surface area contributed by atoms with Gasteiger partial charge < -0.3 is 87.4 Å². The van der Waals surface area contributed by atoms with E-state index in [4.69, 9.17) is 34.4 Å². The van der Waals surface area contributed by atoms with Gasteiger partial charge in [-0.3, -0.25) is 43.2 Å². The topological polar surface area (TPSA) is 455 Å². The van der Waals surface area contributed by atoms with Crippen molar-refractivity contribution in [3.05, 3.63) is 71.8 Å². The second-order valence-electron chi connectivity index (χ2n) is 23.8. The molecular weight excluding hydrogens is 1140 g/mol. The highest BCUT2D eigenvalue weighted by atomic mass is 16.4. The van der Waals surface area contributed by atoms with Crippen LogP contribution >= 0.6 is 0 Å². The number of rotatable bonds is 46. The number of carboxylic acids is 1. The van der Waals surface area contributed by atoms with Gasteiger partial charge in [-0.05, 0) is 151 Å². The largest absolute Gasteiger partial charge is 0.480 e. The number of nitrogens with two attached hydrogens (primary N) is 6. The van der Waals surface area contributed by atoms with Crippen molar-refractivity contribution in [2.24, 2.45) is 52.2 Å². The van der Waals surface area contributed by atoms with Gasteiger partial charge in [-0.15, -0.1) is 0 Å². The maximum atomic E-state index is 14.7. The first kappa shape index (κ1) is 78.0. The zero-order chi connectivity index (χ0) is 66.4. The fraction of sp³-hybridized carbons (Fsp3) is 0.651. The first-order valence-electron chi connectivity index (χ1n) is 31.7. The van der Waals surface area contributed by atoms with Crippen LogP contribution in [0.25, 0.3) is 0 Å². The van der Waals surface area contributed by atoms with Crippen LogP contribution in [-0.2, 0) is 60.8 Å². The molecule has 2 aromatic carbocycles. The lowest BCUT2D eigenvalue weighted by Crippen LogP contribution is -2.62. The molecule has 0 unspecified atom stereocenters. The number of hydrogen-bond acceptors (Lipinski definition) is 16. The zero-order valence-electron chi connectivity index (χ0n) is 53.3. The van der Waals surface area contributed by atoms with Gasteiger partial charge in [0.05, 0.1) is 6.04 Å². The molecule has 2 aromatic rings. The quantitative estimate of drug-likeness (QED) is 0.0384. The molecule has 26 heteroatoms. The van der Waals surface area contributed by atoms with Gasteiger partial charge in [0, 0.05) is 12.8 Å². The van der Waals surface area contributed by atoms with Crippen molar-refractivity contribution in [3.63, 3.8) is 0 Å². The van der Waals surface area contributed by atoms with E-state index >= 15 is 0 Å². The van der Waals surface area contributed by atoms with Gasteiger partial charge in [0.2, 0.25) is 53.2 Å². The Bertz CT molecular complexity index is 2470. The Balaban J connectivity index is 2.48. The third-order valence-corrected chi connectivity index (χ3v) is 15.2. The summed E-state index contributed by atoms with van der Waals surface area (Å²) in [5.74, 6) is -9.26. The number of carbonyl (C=O) groups excluding carboxylic acids is 9. The highest BCUT2D eigenvalue weighted by Crippen LogP contribution is 2.15. The fourth-order valence-corrected chi connectivity index (χ4v) is 9.77. The van der Waals surface area contributed by atoms with Crippen LogP contribution in [0.3, 0.4) is 0 Å². The fourth-order valence-electron chi connectivity index (χ4n) is 9.77. The minimum atomic E-state index is -1.33. The summed E-state index contributed by atoms with van der Waals surface area (Å²) >= 11 is 0. The smallest absolute Gasteiger partial charge is 0.326 e. The average Bonchev–Trinajstić information content (AvgIpc) is 3.56. The lowest BCUT2D eigenvalue weighted by atomic mass is 9.98. The van der Waals surface area contributed by atoms with Gasteiger partial charge in [0.15, 0.2) is 0 Å². The molecule has 9 amide bonds. The molecule has 0 radical (unpaired) electrons. The molecule has 0 aromatic heterocycles. The Labute approximate surface area is 525 Å². The predicted octanol–water partition coefficient (Wildman–Crippen LogP) is -0.140. The molecule has 22 N–H and O–H groups in total. The van der Waals surface area contributed by atoms with Gasteiger partial charge in [-0.25, -0.2) is 4.79 Å². The number of aliphatic carboxylic acids is 1. The molecule has 0 spiro atoms. The van der Waals surface area contributed by atoms with Crippen LogP contribution in [0.2, 0.25) is 0 Å². The molecule has 0 aliphatic carbocycles. The van der Waals surface area contributed by atoms with Crippen LogP contribution in [0.4, 0.5) is 0 Å². The van der Waals surface area contributed by atoms with Crippen molar-refractivity contribution in [2.45, 2.75) is 211 Å².